The summed E-state index contributed by atoms with van der Waals surface area (Å²) in [5.74, 6) is 4.95. The molecule has 0 amide bonds. The van der Waals surface area contributed by atoms with Crippen molar-refractivity contribution in [3.63, 3.8) is 0 Å². The lowest BCUT2D eigenvalue weighted by atomic mass is 10.1. The van der Waals surface area contributed by atoms with E-state index in [1.165, 1.54) is 64.2 Å². The highest BCUT2D eigenvalue weighted by molar-refractivity contribution is 4.48. The zero-order valence-corrected chi connectivity index (χ0v) is 10.8. The fourth-order valence-corrected chi connectivity index (χ4v) is 1.92. The molecule has 0 saturated heterocycles. The molecule has 16 heavy (non-hydrogen) atoms. The summed E-state index contributed by atoms with van der Waals surface area (Å²) in [6.45, 7) is 1.56. The van der Waals surface area contributed by atoms with E-state index in [0.717, 1.165) is 13.0 Å². The normalized spacial score (nSPS) is 10.9. The van der Waals surface area contributed by atoms with Crippen LogP contribution in [0.1, 0.15) is 70.6 Å². The van der Waals surface area contributed by atoms with Gasteiger partial charge in [-0.15, -0.1) is 0 Å². The molecule has 0 spiro atoms. The molecule has 0 aliphatic heterocycles. The van der Waals surface area contributed by atoms with Crippen LogP contribution in [0.4, 0.5) is 0 Å². The molecule has 98 valence electrons. The Kier molecular flexibility index (Phi) is 14.8. The van der Waals surface area contributed by atoms with Gasteiger partial charge in [-0.25, -0.2) is 5.90 Å². The van der Waals surface area contributed by atoms with E-state index >= 15 is 0 Å². The molecule has 0 aromatic heterocycles. The first-order chi connectivity index (χ1) is 7.91. The fourth-order valence-electron chi connectivity index (χ4n) is 1.92. The highest BCUT2D eigenvalue weighted by Gasteiger charge is 1.93. The quantitative estimate of drug-likeness (QED) is 0.377. The average Bonchev–Trinajstić information content (AvgIpc) is 2.31. The number of nitrogens with two attached hydrogens (primary N) is 2. The molecule has 0 saturated carbocycles. The van der Waals surface area contributed by atoms with Crippen molar-refractivity contribution in [2.45, 2.75) is 70.6 Å². The Bertz CT molecular complexity index is 107. The molecule has 3 nitrogen and oxygen atoms in total. The molecule has 0 bridgehead atoms. The monoisotopic (exact) mass is 230 g/mol. The SMILES string of the molecule is NCCCCCCCCCCCCCON. The molecule has 0 atom stereocenters. The molecule has 0 aromatic carbocycles. The smallest absolute Gasteiger partial charge is 0.0679 e. The van der Waals surface area contributed by atoms with E-state index < -0.39 is 0 Å². The highest BCUT2D eigenvalue weighted by atomic mass is 16.6. The van der Waals surface area contributed by atoms with Gasteiger partial charge in [-0.2, -0.15) is 0 Å². The van der Waals surface area contributed by atoms with E-state index in [2.05, 4.69) is 4.84 Å². The van der Waals surface area contributed by atoms with E-state index in [4.69, 9.17) is 11.6 Å². The molecule has 0 fully saturated rings. The van der Waals surface area contributed by atoms with E-state index in [0.29, 0.717) is 6.61 Å². The van der Waals surface area contributed by atoms with Crippen molar-refractivity contribution in [1.82, 2.24) is 0 Å². The maximum absolute atomic E-state index is 5.44. The van der Waals surface area contributed by atoms with Crippen molar-refractivity contribution in [3.05, 3.63) is 0 Å². The van der Waals surface area contributed by atoms with Gasteiger partial charge in [0.15, 0.2) is 0 Å². The third-order valence-electron chi connectivity index (χ3n) is 2.97. The topological polar surface area (TPSA) is 61.3 Å². The van der Waals surface area contributed by atoms with Gasteiger partial charge in [0.1, 0.15) is 0 Å². The second kappa shape index (κ2) is 14.9. The molecular formula is C13H30N2O. The summed E-state index contributed by atoms with van der Waals surface area (Å²) in [4.78, 5) is 4.52. The van der Waals surface area contributed by atoms with Crippen LogP contribution in [0, 0.1) is 0 Å². The number of hydrogen-bond acceptors (Lipinski definition) is 3. The van der Waals surface area contributed by atoms with Crippen molar-refractivity contribution in [2.24, 2.45) is 11.6 Å². The summed E-state index contributed by atoms with van der Waals surface area (Å²) in [7, 11) is 0. The van der Waals surface area contributed by atoms with E-state index in [1.807, 2.05) is 0 Å². The lowest BCUT2D eigenvalue weighted by molar-refractivity contribution is 0.133. The zero-order chi connectivity index (χ0) is 11.9. The first kappa shape index (κ1) is 15.9. The van der Waals surface area contributed by atoms with E-state index in [-0.39, 0.29) is 0 Å². The van der Waals surface area contributed by atoms with Crippen LogP contribution in [-0.4, -0.2) is 13.2 Å². The predicted molar refractivity (Wildman–Crippen MR) is 70.0 cm³/mol. The first-order valence-electron chi connectivity index (χ1n) is 6.93. The van der Waals surface area contributed by atoms with Crippen molar-refractivity contribution in [2.75, 3.05) is 13.2 Å². The molecule has 0 radical (unpaired) electrons. The molecule has 3 heteroatoms. The maximum atomic E-state index is 5.44. The summed E-state index contributed by atoms with van der Waals surface area (Å²) in [5.41, 5.74) is 5.44. The highest BCUT2D eigenvalue weighted by Crippen LogP contribution is 2.10. The van der Waals surface area contributed by atoms with Gasteiger partial charge in [0.2, 0.25) is 0 Å². The number of hydrogen-bond donors (Lipinski definition) is 2. The second-order valence-electron chi connectivity index (χ2n) is 4.55. The molecule has 0 aliphatic carbocycles. The van der Waals surface area contributed by atoms with Crippen molar-refractivity contribution in [3.8, 4) is 0 Å². The second-order valence-corrected chi connectivity index (χ2v) is 4.55. The molecule has 0 aliphatic rings. The minimum atomic E-state index is 0.709. The van der Waals surface area contributed by atoms with E-state index in [9.17, 15) is 0 Å². The van der Waals surface area contributed by atoms with Crippen LogP contribution < -0.4 is 11.6 Å². The van der Waals surface area contributed by atoms with Crippen LogP contribution >= 0.6 is 0 Å². The third-order valence-corrected chi connectivity index (χ3v) is 2.97. The Morgan fingerprint density at radius 1 is 0.562 bits per heavy atom. The third kappa shape index (κ3) is 13.9. The number of unbranched alkanes of at least 4 members (excludes halogenated alkanes) is 10. The summed E-state index contributed by atoms with van der Waals surface area (Å²) in [6.07, 6.45) is 14.5. The Morgan fingerprint density at radius 2 is 0.938 bits per heavy atom. The summed E-state index contributed by atoms with van der Waals surface area (Å²) >= 11 is 0. The van der Waals surface area contributed by atoms with Gasteiger partial charge in [-0.05, 0) is 19.4 Å². The van der Waals surface area contributed by atoms with Crippen LogP contribution in [0.5, 0.6) is 0 Å². The molecular weight excluding hydrogens is 200 g/mol. The van der Waals surface area contributed by atoms with E-state index in [1.54, 1.807) is 0 Å². The minimum Gasteiger partial charge on any atom is -0.330 e. The Balaban J connectivity index is 2.83. The van der Waals surface area contributed by atoms with Gasteiger partial charge in [-0.1, -0.05) is 57.8 Å². The first-order valence-corrected chi connectivity index (χ1v) is 6.93. The largest absolute Gasteiger partial charge is 0.330 e. The summed E-state index contributed by atoms with van der Waals surface area (Å²) in [5, 5.41) is 0. The van der Waals surface area contributed by atoms with Crippen molar-refractivity contribution in [1.29, 1.82) is 0 Å². The van der Waals surface area contributed by atoms with Gasteiger partial charge in [0.25, 0.3) is 0 Å². The van der Waals surface area contributed by atoms with Gasteiger partial charge in [-0.3, -0.25) is 0 Å². The molecule has 0 unspecified atom stereocenters. The van der Waals surface area contributed by atoms with Crippen molar-refractivity contribution < 1.29 is 4.84 Å². The Labute approximate surface area is 101 Å². The van der Waals surface area contributed by atoms with Gasteiger partial charge < -0.3 is 10.6 Å². The molecule has 0 aromatic rings. The van der Waals surface area contributed by atoms with Crippen LogP contribution in [0.25, 0.3) is 0 Å². The minimum absolute atomic E-state index is 0.709. The van der Waals surface area contributed by atoms with Crippen LogP contribution in [-0.2, 0) is 4.84 Å². The standard InChI is InChI=1S/C13H30N2O/c14-12-10-8-6-4-2-1-3-5-7-9-11-13-16-15/h1-15H2. The van der Waals surface area contributed by atoms with Gasteiger partial charge in [0.05, 0.1) is 6.61 Å². The fraction of sp³-hybridized carbons (Fsp3) is 1.00. The molecule has 4 N–H and O–H groups in total. The van der Waals surface area contributed by atoms with Crippen LogP contribution in [0.2, 0.25) is 0 Å². The maximum Gasteiger partial charge on any atom is 0.0679 e. The number of rotatable bonds is 13. The van der Waals surface area contributed by atoms with Gasteiger partial charge >= 0.3 is 0 Å². The molecule has 0 rings (SSSR count). The van der Waals surface area contributed by atoms with Crippen molar-refractivity contribution >= 4 is 0 Å². The summed E-state index contributed by atoms with van der Waals surface area (Å²) < 4.78 is 0. The van der Waals surface area contributed by atoms with Crippen LogP contribution in [0.15, 0.2) is 0 Å². The summed E-state index contributed by atoms with van der Waals surface area (Å²) in [6, 6.07) is 0. The Hall–Kier alpha value is -0.120. The predicted octanol–water partition coefficient (Wildman–Crippen LogP) is 3.13. The Morgan fingerprint density at radius 3 is 1.31 bits per heavy atom. The lowest BCUT2D eigenvalue weighted by Crippen LogP contribution is -2.00. The van der Waals surface area contributed by atoms with Crippen LogP contribution in [0.3, 0.4) is 0 Å². The zero-order valence-electron chi connectivity index (χ0n) is 10.8. The molecule has 0 heterocycles. The average molecular weight is 230 g/mol. The van der Waals surface area contributed by atoms with Gasteiger partial charge in [0, 0.05) is 0 Å². The lowest BCUT2D eigenvalue weighted by Gasteiger charge is -2.02.